The molecule has 4 aromatic rings. The molecule has 0 fully saturated rings. The number of hydrogen-bond donors (Lipinski definition) is 2. The normalized spacial score (nSPS) is 10.9. The molecule has 0 bridgehead atoms. The first-order chi connectivity index (χ1) is 15.0. The largest absolute Gasteiger partial charge is 0.497 e. The van der Waals surface area contributed by atoms with Crippen molar-refractivity contribution in [2.24, 2.45) is 0 Å². The highest BCUT2D eigenvalue weighted by molar-refractivity contribution is 7.21. The highest BCUT2D eigenvalue weighted by Gasteiger charge is 2.18. The monoisotopic (exact) mass is 437 g/mol. The van der Waals surface area contributed by atoms with Crippen molar-refractivity contribution >= 4 is 44.1 Å². The molecule has 0 spiro atoms. The summed E-state index contributed by atoms with van der Waals surface area (Å²) < 4.78 is 15.9. The Balaban J connectivity index is 1.51. The van der Waals surface area contributed by atoms with Crippen molar-refractivity contribution < 1.29 is 19.0 Å². The lowest BCUT2D eigenvalue weighted by atomic mass is 10.1. The number of amides is 1. The topological polar surface area (TPSA) is 95.7 Å². The minimum Gasteiger partial charge on any atom is -0.497 e. The Labute approximate surface area is 183 Å². The number of nitrogens with one attached hydrogen (secondary N) is 1. The number of anilines is 1. The van der Waals surface area contributed by atoms with E-state index in [9.17, 15) is 4.79 Å². The van der Waals surface area contributed by atoms with Crippen LogP contribution in [0.3, 0.4) is 0 Å². The van der Waals surface area contributed by atoms with E-state index < -0.39 is 0 Å². The predicted octanol–water partition coefficient (Wildman–Crippen LogP) is 4.03. The zero-order valence-corrected chi connectivity index (χ0v) is 18.3. The molecule has 0 aliphatic carbocycles. The molecule has 0 saturated heterocycles. The first-order valence-electron chi connectivity index (χ1n) is 9.70. The summed E-state index contributed by atoms with van der Waals surface area (Å²) in [5.41, 5.74) is 8.58. The van der Waals surface area contributed by atoms with Crippen LogP contribution in [0.2, 0.25) is 0 Å². The van der Waals surface area contributed by atoms with Crippen LogP contribution in [0, 0.1) is 0 Å². The maximum absolute atomic E-state index is 12.8. The van der Waals surface area contributed by atoms with Gasteiger partial charge in [0.05, 0.1) is 32.5 Å². The van der Waals surface area contributed by atoms with Crippen LogP contribution in [0.5, 0.6) is 17.2 Å². The van der Waals surface area contributed by atoms with Crippen molar-refractivity contribution in [2.75, 3.05) is 33.6 Å². The van der Waals surface area contributed by atoms with Gasteiger partial charge in [-0.25, -0.2) is 4.98 Å². The Kier molecular flexibility index (Phi) is 5.81. The molecule has 0 unspecified atom stereocenters. The van der Waals surface area contributed by atoms with Gasteiger partial charge in [-0.15, -0.1) is 11.3 Å². The number of hydrogen-bond acceptors (Lipinski definition) is 7. The molecular formula is C23H23N3O4S. The van der Waals surface area contributed by atoms with E-state index >= 15 is 0 Å². The van der Waals surface area contributed by atoms with Crippen molar-refractivity contribution in [3.05, 3.63) is 52.9 Å². The van der Waals surface area contributed by atoms with Crippen LogP contribution >= 0.6 is 11.3 Å². The van der Waals surface area contributed by atoms with Gasteiger partial charge in [-0.1, -0.05) is 6.07 Å². The predicted molar refractivity (Wildman–Crippen MR) is 124 cm³/mol. The zero-order valence-electron chi connectivity index (χ0n) is 17.5. The van der Waals surface area contributed by atoms with E-state index in [0.29, 0.717) is 35.0 Å². The van der Waals surface area contributed by atoms with Crippen LogP contribution in [0.1, 0.15) is 15.2 Å². The molecule has 7 nitrogen and oxygen atoms in total. The van der Waals surface area contributed by atoms with E-state index in [4.69, 9.17) is 19.9 Å². The highest BCUT2D eigenvalue weighted by atomic mass is 32.1. The van der Waals surface area contributed by atoms with Crippen molar-refractivity contribution in [2.45, 2.75) is 6.42 Å². The Morgan fingerprint density at radius 1 is 1.03 bits per heavy atom. The SMILES string of the molecule is COc1ccc2cc3c(N)c(C(=O)NCCc4ccc(OC)c(OC)c4)sc3nc2c1. The Morgan fingerprint density at radius 2 is 1.84 bits per heavy atom. The van der Waals surface area contributed by atoms with Crippen molar-refractivity contribution in [1.82, 2.24) is 10.3 Å². The molecule has 0 radical (unpaired) electrons. The average Bonchev–Trinajstić information content (AvgIpc) is 3.12. The van der Waals surface area contributed by atoms with Gasteiger partial charge < -0.3 is 25.3 Å². The molecule has 0 aliphatic rings. The van der Waals surface area contributed by atoms with Gasteiger partial charge >= 0.3 is 0 Å². The van der Waals surface area contributed by atoms with Crippen LogP contribution in [-0.4, -0.2) is 38.8 Å². The number of benzene rings is 2. The van der Waals surface area contributed by atoms with Gasteiger partial charge in [0.25, 0.3) is 5.91 Å². The van der Waals surface area contributed by atoms with Crippen LogP contribution in [0.25, 0.3) is 21.1 Å². The number of aromatic nitrogens is 1. The van der Waals surface area contributed by atoms with Gasteiger partial charge in [0.1, 0.15) is 15.5 Å². The van der Waals surface area contributed by atoms with Gasteiger partial charge in [0.2, 0.25) is 0 Å². The smallest absolute Gasteiger partial charge is 0.263 e. The molecule has 8 heteroatoms. The second-order valence-electron chi connectivity index (χ2n) is 6.94. The number of fused-ring (bicyclic) bond motifs is 2. The van der Waals surface area contributed by atoms with Gasteiger partial charge in [-0.05, 0) is 42.3 Å². The minimum atomic E-state index is -0.206. The fourth-order valence-electron chi connectivity index (χ4n) is 3.41. The number of nitrogen functional groups attached to an aromatic ring is 1. The van der Waals surface area contributed by atoms with E-state index in [1.807, 2.05) is 42.5 Å². The van der Waals surface area contributed by atoms with E-state index in [1.165, 1.54) is 11.3 Å². The molecule has 2 heterocycles. The number of nitrogens with two attached hydrogens (primary N) is 1. The van der Waals surface area contributed by atoms with Crippen LogP contribution in [0.15, 0.2) is 42.5 Å². The van der Waals surface area contributed by atoms with Crippen LogP contribution in [-0.2, 0) is 6.42 Å². The molecule has 0 atom stereocenters. The molecule has 0 aliphatic heterocycles. The molecule has 31 heavy (non-hydrogen) atoms. The molecule has 160 valence electrons. The molecule has 4 rings (SSSR count). The number of rotatable bonds is 7. The van der Waals surface area contributed by atoms with E-state index in [0.717, 1.165) is 32.4 Å². The molecule has 1 amide bonds. The van der Waals surface area contributed by atoms with Gasteiger partial charge in [0, 0.05) is 23.4 Å². The third-order valence-electron chi connectivity index (χ3n) is 5.08. The standard InChI is InChI=1S/C23H23N3O4S/c1-28-15-6-5-14-11-16-20(24)21(31-23(16)26-17(14)12-15)22(27)25-9-8-13-4-7-18(29-2)19(10-13)30-3/h4-7,10-12H,8-9,24H2,1-3H3,(H,25,27). The first kappa shape index (κ1) is 20.7. The number of pyridine rings is 1. The number of carbonyl (C=O) groups excluding carboxylic acids is 1. The second kappa shape index (κ2) is 8.69. The summed E-state index contributed by atoms with van der Waals surface area (Å²) in [6.07, 6.45) is 0.652. The summed E-state index contributed by atoms with van der Waals surface area (Å²) in [6, 6.07) is 13.3. The van der Waals surface area contributed by atoms with Gasteiger partial charge in [0.15, 0.2) is 11.5 Å². The number of thiophene rings is 1. The summed E-state index contributed by atoms with van der Waals surface area (Å²) in [7, 11) is 4.82. The molecule has 0 saturated carbocycles. The van der Waals surface area contributed by atoms with Gasteiger partial charge in [-0.3, -0.25) is 4.79 Å². The number of ether oxygens (including phenoxy) is 3. The van der Waals surface area contributed by atoms with E-state index in [1.54, 1.807) is 21.3 Å². The quantitative estimate of drug-likeness (QED) is 0.453. The maximum Gasteiger partial charge on any atom is 0.263 e. The Morgan fingerprint density at radius 3 is 2.58 bits per heavy atom. The summed E-state index contributed by atoms with van der Waals surface area (Å²) >= 11 is 1.29. The lowest BCUT2D eigenvalue weighted by Crippen LogP contribution is -2.25. The lowest BCUT2D eigenvalue weighted by molar-refractivity contribution is 0.0959. The highest BCUT2D eigenvalue weighted by Crippen LogP contribution is 2.35. The minimum absolute atomic E-state index is 0.206. The summed E-state index contributed by atoms with van der Waals surface area (Å²) in [4.78, 5) is 18.6. The Bertz CT molecular complexity index is 1270. The number of nitrogens with zero attached hydrogens (tertiary/aromatic N) is 1. The van der Waals surface area contributed by atoms with Crippen LogP contribution < -0.4 is 25.3 Å². The molecule has 3 N–H and O–H groups in total. The molecule has 2 aromatic heterocycles. The zero-order chi connectivity index (χ0) is 22.0. The molecule has 2 aromatic carbocycles. The maximum atomic E-state index is 12.8. The second-order valence-corrected chi connectivity index (χ2v) is 7.94. The van der Waals surface area contributed by atoms with Gasteiger partial charge in [-0.2, -0.15) is 0 Å². The lowest BCUT2D eigenvalue weighted by Gasteiger charge is -2.10. The molecular weight excluding hydrogens is 414 g/mol. The van der Waals surface area contributed by atoms with Crippen molar-refractivity contribution in [3.8, 4) is 17.2 Å². The fourth-order valence-corrected chi connectivity index (χ4v) is 4.41. The number of carbonyl (C=O) groups is 1. The summed E-state index contributed by atoms with van der Waals surface area (Å²) in [5.74, 6) is 1.86. The third kappa shape index (κ3) is 4.06. The number of methoxy groups -OCH3 is 3. The summed E-state index contributed by atoms with van der Waals surface area (Å²) in [5, 5.41) is 4.67. The first-order valence-corrected chi connectivity index (χ1v) is 10.5. The van der Waals surface area contributed by atoms with Crippen molar-refractivity contribution in [1.29, 1.82) is 0 Å². The van der Waals surface area contributed by atoms with E-state index in [2.05, 4.69) is 10.3 Å². The summed E-state index contributed by atoms with van der Waals surface area (Å²) in [6.45, 7) is 0.467. The van der Waals surface area contributed by atoms with Crippen molar-refractivity contribution in [3.63, 3.8) is 0 Å². The fraction of sp³-hybridized carbons (Fsp3) is 0.217. The third-order valence-corrected chi connectivity index (χ3v) is 6.19. The van der Waals surface area contributed by atoms with Crippen LogP contribution in [0.4, 0.5) is 5.69 Å². The van der Waals surface area contributed by atoms with E-state index in [-0.39, 0.29) is 5.91 Å². The Hall–Kier alpha value is -3.52. The average molecular weight is 438 g/mol.